The van der Waals surface area contributed by atoms with Gasteiger partial charge in [0.1, 0.15) is 9.90 Å². The first-order valence-electron chi connectivity index (χ1n) is 10.3. The van der Waals surface area contributed by atoms with E-state index in [2.05, 4.69) is 31.1 Å². The van der Waals surface area contributed by atoms with Gasteiger partial charge in [0.25, 0.3) is 15.9 Å². The van der Waals surface area contributed by atoms with E-state index in [0.717, 1.165) is 11.0 Å². The maximum atomic E-state index is 13.1. The molecule has 0 atom stereocenters. The molecule has 5 heterocycles. The second-order valence-corrected chi connectivity index (χ2v) is 11.4. The predicted octanol–water partition coefficient (Wildman–Crippen LogP) is 2.58. The number of thiophene rings is 1. The van der Waals surface area contributed by atoms with Gasteiger partial charge in [-0.15, -0.1) is 11.3 Å². The van der Waals surface area contributed by atoms with E-state index >= 15 is 0 Å². The standard InChI is InChI=1S/C20H20BrN7O3S2/c1-2-26-13-14(21)19(24-26)16-5-6-22-17-12-15(23-28(16)17)20(29)25-7-9-27(10-8-25)33(30,31)18-4-3-11-32-18/h3-6,11-13H,2,7-10H2,1H3. The first-order chi connectivity index (χ1) is 15.9. The fraction of sp³-hybridized carbons (Fsp3) is 0.300. The topological polar surface area (TPSA) is 106 Å². The van der Waals surface area contributed by atoms with Gasteiger partial charge in [0.15, 0.2) is 11.3 Å². The molecule has 0 spiro atoms. The monoisotopic (exact) mass is 549 g/mol. The van der Waals surface area contributed by atoms with Gasteiger partial charge in [0.05, 0.1) is 10.2 Å². The van der Waals surface area contributed by atoms with Crippen molar-refractivity contribution in [1.29, 1.82) is 0 Å². The molecule has 1 amide bonds. The Hall–Kier alpha value is -2.61. The first-order valence-corrected chi connectivity index (χ1v) is 13.4. The summed E-state index contributed by atoms with van der Waals surface area (Å²) < 4.78 is 31.4. The van der Waals surface area contributed by atoms with Crippen molar-refractivity contribution in [3.63, 3.8) is 0 Å². The highest BCUT2D eigenvalue weighted by molar-refractivity contribution is 9.10. The molecule has 1 aliphatic heterocycles. The Bertz CT molecular complexity index is 1420. The van der Waals surface area contributed by atoms with Crippen molar-refractivity contribution < 1.29 is 13.2 Å². The minimum absolute atomic E-state index is 0.240. The molecule has 0 bridgehead atoms. The summed E-state index contributed by atoms with van der Waals surface area (Å²) in [5.41, 5.74) is 2.21. The molecule has 0 aliphatic carbocycles. The average Bonchev–Trinajstić information content (AvgIpc) is 3.58. The van der Waals surface area contributed by atoms with Crippen molar-refractivity contribution in [1.82, 2.24) is 33.6 Å². The molecular formula is C20H20BrN7O3S2. The Labute approximate surface area is 202 Å². The number of hydrogen-bond acceptors (Lipinski definition) is 7. The van der Waals surface area contributed by atoms with E-state index < -0.39 is 10.0 Å². The third-order valence-electron chi connectivity index (χ3n) is 5.48. The van der Waals surface area contributed by atoms with Gasteiger partial charge < -0.3 is 4.90 Å². The lowest BCUT2D eigenvalue weighted by molar-refractivity contribution is 0.0691. The quantitative estimate of drug-likeness (QED) is 0.378. The van der Waals surface area contributed by atoms with Crippen molar-refractivity contribution in [2.45, 2.75) is 17.7 Å². The second-order valence-electron chi connectivity index (χ2n) is 7.44. The van der Waals surface area contributed by atoms with Crippen LogP contribution in [0.25, 0.3) is 17.0 Å². The number of aryl methyl sites for hydroxylation is 1. The van der Waals surface area contributed by atoms with Crippen molar-refractivity contribution in [3.05, 3.63) is 52.2 Å². The summed E-state index contributed by atoms with van der Waals surface area (Å²) in [7, 11) is -3.52. The molecule has 0 N–H and O–H groups in total. The number of nitrogens with zero attached hydrogens (tertiary/aromatic N) is 7. The van der Waals surface area contributed by atoms with Crippen LogP contribution >= 0.6 is 27.3 Å². The van der Waals surface area contributed by atoms with Crippen LogP contribution in [0, 0.1) is 0 Å². The lowest BCUT2D eigenvalue weighted by atomic mass is 10.3. The van der Waals surface area contributed by atoms with Crippen LogP contribution in [0.15, 0.2) is 50.7 Å². The van der Waals surface area contributed by atoms with Crippen molar-refractivity contribution in [2.24, 2.45) is 0 Å². The van der Waals surface area contributed by atoms with Gasteiger partial charge in [-0.05, 0) is 40.4 Å². The zero-order valence-corrected chi connectivity index (χ0v) is 20.8. The number of halogens is 1. The molecule has 4 aromatic heterocycles. The number of amides is 1. The summed E-state index contributed by atoms with van der Waals surface area (Å²) in [6.07, 6.45) is 3.55. The molecule has 1 aliphatic rings. The van der Waals surface area contributed by atoms with E-state index in [-0.39, 0.29) is 24.7 Å². The van der Waals surface area contributed by atoms with E-state index in [9.17, 15) is 13.2 Å². The molecule has 1 saturated heterocycles. The van der Waals surface area contributed by atoms with Gasteiger partial charge in [-0.1, -0.05) is 6.07 Å². The summed E-state index contributed by atoms with van der Waals surface area (Å²) in [6.45, 7) is 3.80. The molecule has 13 heteroatoms. The average molecular weight is 550 g/mol. The number of rotatable bonds is 5. The Morgan fingerprint density at radius 2 is 1.97 bits per heavy atom. The number of fused-ring (bicyclic) bond motifs is 1. The van der Waals surface area contributed by atoms with Crippen LogP contribution in [0.4, 0.5) is 0 Å². The summed E-state index contributed by atoms with van der Waals surface area (Å²) in [4.78, 5) is 19.1. The third-order valence-corrected chi connectivity index (χ3v) is 9.33. The number of carbonyl (C=O) groups is 1. The molecule has 0 aromatic carbocycles. The van der Waals surface area contributed by atoms with Gasteiger partial charge in [-0.3, -0.25) is 9.48 Å². The number of piperazine rings is 1. The van der Waals surface area contributed by atoms with Gasteiger partial charge >= 0.3 is 0 Å². The van der Waals surface area contributed by atoms with Gasteiger partial charge in [-0.25, -0.2) is 17.9 Å². The van der Waals surface area contributed by atoms with Gasteiger partial charge in [-0.2, -0.15) is 14.5 Å². The summed E-state index contributed by atoms with van der Waals surface area (Å²) in [5, 5.41) is 10.8. The largest absolute Gasteiger partial charge is 0.335 e. The zero-order valence-electron chi connectivity index (χ0n) is 17.6. The molecule has 0 unspecified atom stereocenters. The Morgan fingerprint density at radius 3 is 2.64 bits per heavy atom. The van der Waals surface area contributed by atoms with Crippen LogP contribution in [0.5, 0.6) is 0 Å². The molecular weight excluding hydrogens is 530 g/mol. The fourth-order valence-electron chi connectivity index (χ4n) is 3.74. The molecule has 10 nitrogen and oxygen atoms in total. The summed E-state index contributed by atoms with van der Waals surface area (Å²) >= 11 is 4.73. The Balaban J connectivity index is 1.37. The highest BCUT2D eigenvalue weighted by atomic mass is 79.9. The van der Waals surface area contributed by atoms with Gasteiger partial charge in [0, 0.05) is 51.2 Å². The van der Waals surface area contributed by atoms with Crippen LogP contribution in [0.3, 0.4) is 0 Å². The summed E-state index contributed by atoms with van der Waals surface area (Å²) in [5.74, 6) is -0.252. The predicted molar refractivity (Wildman–Crippen MR) is 127 cm³/mol. The fourth-order valence-corrected chi connectivity index (χ4v) is 6.83. The minimum atomic E-state index is -3.52. The van der Waals surface area contributed by atoms with Gasteiger partial charge in [0.2, 0.25) is 0 Å². The molecule has 33 heavy (non-hydrogen) atoms. The van der Waals surface area contributed by atoms with E-state index in [0.29, 0.717) is 34.3 Å². The highest BCUT2D eigenvalue weighted by Crippen LogP contribution is 2.27. The lowest BCUT2D eigenvalue weighted by Crippen LogP contribution is -2.50. The van der Waals surface area contributed by atoms with Crippen LogP contribution in [-0.2, 0) is 16.6 Å². The van der Waals surface area contributed by atoms with E-state index in [1.165, 1.54) is 15.6 Å². The molecule has 0 radical (unpaired) electrons. The number of aromatic nitrogens is 5. The summed E-state index contributed by atoms with van der Waals surface area (Å²) in [6, 6.07) is 6.76. The van der Waals surface area contributed by atoms with E-state index in [4.69, 9.17) is 0 Å². The smallest absolute Gasteiger partial charge is 0.274 e. The normalized spacial score (nSPS) is 15.4. The van der Waals surface area contributed by atoms with Crippen LogP contribution in [-0.4, -0.2) is 74.1 Å². The SMILES string of the molecule is CCn1cc(Br)c(-c2ccnc3cc(C(=O)N4CCN(S(=O)(=O)c5cccs5)CC4)nn23)n1. The van der Waals surface area contributed by atoms with Crippen molar-refractivity contribution in [2.75, 3.05) is 26.2 Å². The minimum Gasteiger partial charge on any atom is -0.335 e. The maximum absolute atomic E-state index is 13.1. The van der Waals surface area contributed by atoms with E-state index in [1.54, 1.807) is 45.3 Å². The van der Waals surface area contributed by atoms with Crippen LogP contribution < -0.4 is 0 Å². The Kier molecular flexibility index (Phi) is 5.80. The van der Waals surface area contributed by atoms with Crippen LogP contribution in [0.1, 0.15) is 17.4 Å². The molecule has 172 valence electrons. The highest BCUT2D eigenvalue weighted by Gasteiger charge is 2.32. The zero-order chi connectivity index (χ0) is 23.2. The lowest BCUT2D eigenvalue weighted by Gasteiger charge is -2.33. The van der Waals surface area contributed by atoms with Crippen LogP contribution in [0.2, 0.25) is 0 Å². The second kappa shape index (κ2) is 8.63. The number of hydrogen-bond donors (Lipinski definition) is 0. The Morgan fingerprint density at radius 1 is 1.18 bits per heavy atom. The third kappa shape index (κ3) is 3.98. The number of sulfonamides is 1. The maximum Gasteiger partial charge on any atom is 0.274 e. The molecule has 0 saturated carbocycles. The number of carbonyl (C=O) groups excluding carboxylic acids is 1. The van der Waals surface area contributed by atoms with Crippen molar-refractivity contribution in [3.8, 4) is 11.4 Å². The molecule has 4 aromatic rings. The molecule has 1 fully saturated rings. The first kappa shape index (κ1) is 22.2. The molecule has 5 rings (SSSR count). The van der Waals surface area contributed by atoms with Crippen molar-refractivity contribution >= 4 is 48.8 Å². The van der Waals surface area contributed by atoms with E-state index in [1.807, 2.05) is 17.8 Å².